The van der Waals surface area contributed by atoms with Crippen LogP contribution in [-0.4, -0.2) is 25.2 Å². The number of ether oxygens (including phenoxy) is 2. The molecule has 0 amide bonds. The Bertz CT molecular complexity index is 809. The molecule has 1 atom stereocenters. The lowest BCUT2D eigenvalue weighted by molar-refractivity contribution is -0.144. The maximum atomic E-state index is 11.8. The number of allylic oxidation sites excluding steroid dienone is 4. The second-order valence-corrected chi connectivity index (χ2v) is 6.57. The van der Waals surface area contributed by atoms with Gasteiger partial charge in [0.05, 0.1) is 36.6 Å². The van der Waals surface area contributed by atoms with Crippen molar-refractivity contribution in [2.75, 3.05) is 13.2 Å². The first-order valence-corrected chi connectivity index (χ1v) is 9.01. The predicted octanol–water partition coefficient (Wildman–Crippen LogP) is 2.39. The number of nitriles is 3. The average Bonchev–Trinajstić information content (AvgIpc) is 2.66. The van der Waals surface area contributed by atoms with Crippen LogP contribution in [0.3, 0.4) is 0 Å². The summed E-state index contributed by atoms with van der Waals surface area (Å²) >= 11 is 0. The van der Waals surface area contributed by atoms with E-state index in [1.807, 2.05) is 18.2 Å². The molecule has 148 valence electrons. The highest BCUT2D eigenvalue weighted by Crippen LogP contribution is 2.52. The molecule has 0 aromatic rings. The van der Waals surface area contributed by atoms with Gasteiger partial charge in [-0.3, -0.25) is 9.59 Å². The van der Waals surface area contributed by atoms with Crippen LogP contribution < -0.4 is 5.73 Å². The second-order valence-electron chi connectivity index (χ2n) is 6.57. The van der Waals surface area contributed by atoms with Crippen molar-refractivity contribution in [3.05, 3.63) is 22.9 Å². The minimum Gasteiger partial charge on any atom is -0.466 e. The van der Waals surface area contributed by atoms with E-state index in [2.05, 4.69) is 0 Å². The number of carbonyl (C=O) groups excluding carboxylic acids is 2. The molecule has 0 bridgehead atoms. The van der Waals surface area contributed by atoms with E-state index < -0.39 is 22.8 Å². The van der Waals surface area contributed by atoms with Gasteiger partial charge in [0, 0.05) is 18.3 Å². The van der Waals surface area contributed by atoms with Gasteiger partial charge in [0.15, 0.2) is 5.41 Å². The summed E-state index contributed by atoms with van der Waals surface area (Å²) in [7, 11) is 0. The Kier molecular flexibility index (Phi) is 7.77. The lowest BCUT2D eigenvalue weighted by Crippen LogP contribution is -2.44. The largest absolute Gasteiger partial charge is 0.466 e. The third kappa shape index (κ3) is 4.32. The number of hydrogen-bond acceptors (Lipinski definition) is 8. The maximum Gasteiger partial charge on any atom is 0.306 e. The van der Waals surface area contributed by atoms with Crippen molar-refractivity contribution < 1.29 is 19.1 Å². The first-order valence-electron chi connectivity index (χ1n) is 9.01. The number of nitrogens with two attached hydrogens (primary N) is 1. The Balaban J connectivity index is 3.36. The molecule has 1 aliphatic carbocycles. The summed E-state index contributed by atoms with van der Waals surface area (Å²) in [6.45, 7) is 5.48. The van der Waals surface area contributed by atoms with Crippen LogP contribution in [0.4, 0.5) is 0 Å². The van der Waals surface area contributed by atoms with E-state index in [-0.39, 0.29) is 50.2 Å². The quantitative estimate of drug-likeness (QED) is 0.626. The third-order valence-corrected chi connectivity index (χ3v) is 4.85. The van der Waals surface area contributed by atoms with Crippen molar-refractivity contribution in [2.24, 2.45) is 16.6 Å². The van der Waals surface area contributed by atoms with Crippen molar-refractivity contribution in [3.63, 3.8) is 0 Å². The van der Waals surface area contributed by atoms with Crippen LogP contribution >= 0.6 is 0 Å². The highest BCUT2D eigenvalue weighted by atomic mass is 16.5. The number of nitrogens with zero attached hydrogens (tertiary/aromatic N) is 3. The van der Waals surface area contributed by atoms with Crippen molar-refractivity contribution in [3.8, 4) is 18.2 Å². The minimum atomic E-state index is -1.81. The van der Waals surface area contributed by atoms with E-state index in [1.165, 1.54) is 0 Å². The summed E-state index contributed by atoms with van der Waals surface area (Å²) in [5.41, 5.74) is 3.49. The molecule has 0 aromatic carbocycles. The van der Waals surface area contributed by atoms with E-state index in [4.69, 9.17) is 15.2 Å². The fraction of sp³-hybridized carbons (Fsp3) is 0.550. The lowest BCUT2D eigenvalue weighted by atomic mass is 9.57. The Hall–Kier alpha value is -3.31. The molecule has 8 nitrogen and oxygen atoms in total. The predicted molar refractivity (Wildman–Crippen MR) is 98.4 cm³/mol. The summed E-state index contributed by atoms with van der Waals surface area (Å²) in [5.74, 6) is -0.881. The zero-order valence-electron chi connectivity index (χ0n) is 16.4. The van der Waals surface area contributed by atoms with Gasteiger partial charge < -0.3 is 15.2 Å². The van der Waals surface area contributed by atoms with Crippen LogP contribution in [0, 0.1) is 44.8 Å². The molecule has 0 aliphatic heterocycles. The summed E-state index contributed by atoms with van der Waals surface area (Å²) in [6, 6.07) is 5.85. The second kappa shape index (κ2) is 9.58. The molecular formula is C20H24N4O4. The summed E-state index contributed by atoms with van der Waals surface area (Å²) in [4.78, 5) is 23.5. The van der Waals surface area contributed by atoms with Crippen molar-refractivity contribution >= 4 is 11.9 Å². The molecule has 1 rings (SSSR count). The van der Waals surface area contributed by atoms with E-state index in [9.17, 15) is 25.4 Å². The van der Waals surface area contributed by atoms with Gasteiger partial charge in [0.1, 0.15) is 6.07 Å². The highest BCUT2D eigenvalue weighted by Gasteiger charge is 2.54. The van der Waals surface area contributed by atoms with Gasteiger partial charge >= 0.3 is 11.9 Å². The first kappa shape index (κ1) is 22.7. The molecule has 0 heterocycles. The lowest BCUT2D eigenvalue weighted by Gasteiger charge is -2.41. The van der Waals surface area contributed by atoms with Crippen LogP contribution in [0.5, 0.6) is 0 Å². The molecule has 0 saturated carbocycles. The molecule has 8 heteroatoms. The first-order chi connectivity index (χ1) is 13.2. The standard InChI is InChI=1S/C20H24N4O4/c1-4-27-16(25)7-6-14-10-19(3,9-8-17(26)28-5-2)20(12-22,13-23)18(24)15(14)11-21/h10H,4-9,24H2,1-3H3/t19-/m1/s1. The van der Waals surface area contributed by atoms with Gasteiger partial charge in [-0.2, -0.15) is 15.8 Å². The minimum absolute atomic E-state index is 0.0148. The zero-order valence-corrected chi connectivity index (χ0v) is 16.4. The normalized spacial score (nSPS) is 20.2. The van der Waals surface area contributed by atoms with Gasteiger partial charge in [-0.1, -0.05) is 13.0 Å². The summed E-state index contributed by atoms with van der Waals surface area (Å²) < 4.78 is 9.84. The SMILES string of the molecule is CCOC(=O)CCC1=C[C@@](C)(CCC(=O)OCC)C(C#N)(C#N)C(N)=C1C#N. The Morgan fingerprint density at radius 1 is 1.07 bits per heavy atom. The smallest absolute Gasteiger partial charge is 0.306 e. The Morgan fingerprint density at radius 3 is 2.07 bits per heavy atom. The van der Waals surface area contributed by atoms with Crippen LogP contribution in [0.2, 0.25) is 0 Å². The topological polar surface area (TPSA) is 150 Å². The van der Waals surface area contributed by atoms with Crippen LogP contribution in [0.1, 0.15) is 46.5 Å². The zero-order chi connectivity index (χ0) is 21.4. The number of esters is 2. The number of rotatable bonds is 8. The van der Waals surface area contributed by atoms with Gasteiger partial charge in [0.2, 0.25) is 0 Å². The van der Waals surface area contributed by atoms with Crippen molar-refractivity contribution in [2.45, 2.75) is 46.5 Å². The number of carbonyl (C=O) groups is 2. The molecule has 0 radical (unpaired) electrons. The molecule has 0 spiro atoms. The molecule has 0 aromatic heterocycles. The van der Waals surface area contributed by atoms with Crippen LogP contribution in [0.25, 0.3) is 0 Å². The molecule has 1 aliphatic rings. The molecule has 0 fully saturated rings. The summed E-state index contributed by atoms with van der Waals surface area (Å²) in [6.07, 6.45) is 1.91. The fourth-order valence-electron chi connectivity index (χ4n) is 3.29. The van der Waals surface area contributed by atoms with E-state index in [0.29, 0.717) is 5.57 Å². The van der Waals surface area contributed by atoms with Gasteiger partial charge in [-0.05, 0) is 32.3 Å². The fourth-order valence-corrected chi connectivity index (χ4v) is 3.29. The van der Waals surface area contributed by atoms with E-state index in [0.717, 1.165) is 0 Å². The van der Waals surface area contributed by atoms with Crippen molar-refractivity contribution in [1.82, 2.24) is 0 Å². The van der Waals surface area contributed by atoms with E-state index in [1.54, 1.807) is 26.8 Å². The van der Waals surface area contributed by atoms with Gasteiger partial charge in [0.25, 0.3) is 0 Å². The average molecular weight is 384 g/mol. The monoisotopic (exact) mass is 384 g/mol. The third-order valence-electron chi connectivity index (χ3n) is 4.85. The van der Waals surface area contributed by atoms with Crippen LogP contribution in [-0.2, 0) is 19.1 Å². The number of hydrogen-bond donors (Lipinski definition) is 1. The Labute approximate surface area is 164 Å². The van der Waals surface area contributed by atoms with Crippen molar-refractivity contribution in [1.29, 1.82) is 15.8 Å². The van der Waals surface area contributed by atoms with Crippen LogP contribution in [0.15, 0.2) is 22.9 Å². The van der Waals surface area contributed by atoms with Gasteiger partial charge in [-0.15, -0.1) is 0 Å². The molecule has 0 unspecified atom stereocenters. The summed E-state index contributed by atoms with van der Waals surface area (Å²) in [5, 5.41) is 29.1. The molecule has 28 heavy (non-hydrogen) atoms. The molecular weight excluding hydrogens is 360 g/mol. The molecule has 0 saturated heterocycles. The Morgan fingerprint density at radius 2 is 1.61 bits per heavy atom. The highest BCUT2D eigenvalue weighted by molar-refractivity contribution is 5.71. The molecule has 2 N–H and O–H groups in total. The van der Waals surface area contributed by atoms with E-state index >= 15 is 0 Å². The maximum absolute atomic E-state index is 11.8. The van der Waals surface area contributed by atoms with Gasteiger partial charge in [-0.25, -0.2) is 0 Å².